The molecular weight excluding hydrogens is 286 g/mol. The van der Waals surface area contributed by atoms with Crippen molar-refractivity contribution in [3.8, 4) is 10.8 Å². The first-order valence-corrected chi connectivity index (χ1v) is 8.06. The Hall–Kier alpha value is -1.66. The van der Waals surface area contributed by atoms with Crippen molar-refractivity contribution >= 4 is 17.2 Å². The molecule has 2 aromatic rings. The zero-order valence-electron chi connectivity index (χ0n) is 12.0. The largest absolute Gasteiger partial charge is 0.462 e. The number of carbonyl (C=O) groups excluding carboxylic acids is 1. The van der Waals surface area contributed by atoms with Gasteiger partial charge in [-0.05, 0) is 38.1 Å². The first kappa shape index (κ1) is 14.3. The molecule has 0 bridgehead atoms. The minimum absolute atomic E-state index is 0.167. The summed E-state index contributed by atoms with van der Waals surface area (Å²) in [7, 11) is 1.71. The van der Waals surface area contributed by atoms with Crippen LogP contribution in [0, 0.1) is 5.92 Å². The quantitative estimate of drug-likeness (QED) is 0.942. The molecule has 0 atom stereocenters. The van der Waals surface area contributed by atoms with Crippen molar-refractivity contribution < 1.29 is 9.21 Å². The van der Waals surface area contributed by atoms with Gasteiger partial charge in [-0.25, -0.2) is 4.98 Å². The van der Waals surface area contributed by atoms with E-state index in [2.05, 4.69) is 20.6 Å². The maximum absolute atomic E-state index is 11.6. The van der Waals surface area contributed by atoms with Crippen molar-refractivity contribution in [3.63, 3.8) is 0 Å². The Morgan fingerprint density at radius 1 is 1.52 bits per heavy atom. The molecule has 0 radical (unpaired) electrons. The number of carbonyl (C=O) groups is 1. The second kappa shape index (κ2) is 6.41. The molecule has 5 nitrogen and oxygen atoms in total. The number of nitrogens with one attached hydrogen (secondary N) is 1. The molecule has 3 heterocycles. The fourth-order valence-electron chi connectivity index (χ4n) is 2.68. The summed E-state index contributed by atoms with van der Waals surface area (Å²) in [5.41, 5.74) is 1.07. The van der Waals surface area contributed by atoms with Crippen LogP contribution in [0.5, 0.6) is 0 Å². The van der Waals surface area contributed by atoms with E-state index in [-0.39, 0.29) is 11.8 Å². The second-order valence-corrected chi connectivity index (χ2v) is 6.14. The third-order valence-corrected chi connectivity index (χ3v) is 4.78. The normalized spacial score (nSPS) is 17.0. The Balaban J connectivity index is 1.55. The molecule has 0 unspecified atom stereocenters. The molecule has 3 rings (SSSR count). The van der Waals surface area contributed by atoms with Crippen LogP contribution in [0.1, 0.15) is 18.5 Å². The van der Waals surface area contributed by atoms with Crippen LogP contribution >= 0.6 is 11.3 Å². The summed E-state index contributed by atoms with van der Waals surface area (Å²) in [4.78, 5) is 18.6. The highest BCUT2D eigenvalue weighted by atomic mass is 32.1. The smallest absolute Gasteiger partial charge is 0.222 e. The maximum atomic E-state index is 11.6. The molecule has 1 aliphatic rings. The highest BCUT2D eigenvalue weighted by Crippen LogP contribution is 2.25. The molecule has 2 aromatic heterocycles. The Kier molecular flexibility index (Phi) is 4.36. The Morgan fingerprint density at radius 2 is 2.33 bits per heavy atom. The number of rotatable bonds is 4. The Bertz CT molecular complexity index is 586. The molecule has 1 saturated heterocycles. The molecule has 1 aliphatic heterocycles. The lowest BCUT2D eigenvalue weighted by molar-refractivity contribution is -0.125. The van der Waals surface area contributed by atoms with Crippen molar-refractivity contribution in [1.29, 1.82) is 0 Å². The van der Waals surface area contributed by atoms with Crippen LogP contribution in [0.3, 0.4) is 0 Å². The third kappa shape index (κ3) is 3.33. The van der Waals surface area contributed by atoms with Gasteiger partial charge in [0.05, 0.1) is 12.0 Å². The average Bonchev–Trinajstić information content (AvgIpc) is 3.18. The highest BCUT2D eigenvalue weighted by molar-refractivity contribution is 7.13. The van der Waals surface area contributed by atoms with Crippen LogP contribution in [-0.4, -0.2) is 35.9 Å². The topological polar surface area (TPSA) is 58.4 Å². The number of likely N-dealkylation sites (tertiary alicyclic amines) is 1. The lowest BCUT2D eigenvalue weighted by Gasteiger charge is -2.30. The lowest BCUT2D eigenvalue weighted by Crippen LogP contribution is -2.39. The number of thiazole rings is 1. The number of furan rings is 1. The predicted molar refractivity (Wildman–Crippen MR) is 81.9 cm³/mol. The van der Waals surface area contributed by atoms with E-state index in [0.717, 1.165) is 48.9 Å². The van der Waals surface area contributed by atoms with Gasteiger partial charge in [0, 0.05) is 24.9 Å². The Labute approximate surface area is 128 Å². The van der Waals surface area contributed by atoms with E-state index < -0.39 is 0 Å². The van der Waals surface area contributed by atoms with Gasteiger partial charge in [0.25, 0.3) is 0 Å². The van der Waals surface area contributed by atoms with Crippen molar-refractivity contribution in [2.45, 2.75) is 19.4 Å². The maximum Gasteiger partial charge on any atom is 0.222 e. The van der Waals surface area contributed by atoms with E-state index in [4.69, 9.17) is 4.42 Å². The van der Waals surface area contributed by atoms with E-state index in [1.165, 1.54) is 0 Å². The van der Waals surface area contributed by atoms with E-state index in [9.17, 15) is 4.79 Å². The average molecular weight is 305 g/mol. The van der Waals surface area contributed by atoms with E-state index in [0.29, 0.717) is 0 Å². The number of nitrogens with zero attached hydrogens (tertiary/aromatic N) is 2. The summed E-state index contributed by atoms with van der Waals surface area (Å²) >= 11 is 1.61. The fraction of sp³-hybridized carbons (Fsp3) is 0.467. The lowest BCUT2D eigenvalue weighted by atomic mass is 9.96. The summed E-state index contributed by atoms with van der Waals surface area (Å²) < 4.78 is 5.37. The van der Waals surface area contributed by atoms with Crippen LogP contribution in [0.15, 0.2) is 28.2 Å². The molecule has 112 valence electrons. The molecule has 1 N–H and O–H groups in total. The molecule has 21 heavy (non-hydrogen) atoms. The first-order valence-electron chi connectivity index (χ1n) is 7.18. The van der Waals surface area contributed by atoms with Crippen LogP contribution in [0.4, 0.5) is 0 Å². The molecular formula is C15H19N3O2S. The van der Waals surface area contributed by atoms with Gasteiger partial charge >= 0.3 is 0 Å². The van der Waals surface area contributed by atoms with Gasteiger partial charge in [-0.2, -0.15) is 0 Å². The third-order valence-electron chi connectivity index (χ3n) is 3.87. The minimum Gasteiger partial charge on any atom is -0.462 e. The first-order chi connectivity index (χ1) is 10.3. The van der Waals surface area contributed by atoms with Gasteiger partial charge in [-0.15, -0.1) is 11.3 Å². The number of hydrogen-bond donors (Lipinski definition) is 1. The SMILES string of the molecule is CNC(=O)C1CCN(Cc2csc(-c3ccco3)n2)CC1. The second-order valence-electron chi connectivity index (χ2n) is 5.29. The molecule has 1 amide bonds. The van der Waals surface area contributed by atoms with Gasteiger partial charge in [0.2, 0.25) is 5.91 Å². The summed E-state index contributed by atoms with van der Waals surface area (Å²) in [5, 5.41) is 5.75. The van der Waals surface area contributed by atoms with Gasteiger partial charge in [-0.1, -0.05) is 0 Å². The van der Waals surface area contributed by atoms with E-state index in [1.54, 1.807) is 24.6 Å². The molecule has 6 heteroatoms. The summed E-state index contributed by atoms with van der Waals surface area (Å²) in [6, 6.07) is 3.80. The molecule has 1 fully saturated rings. The van der Waals surface area contributed by atoms with Gasteiger partial charge < -0.3 is 9.73 Å². The van der Waals surface area contributed by atoms with Crippen molar-refractivity contribution in [2.24, 2.45) is 5.92 Å². The van der Waals surface area contributed by atoms with Crippen LogP contribution < -0.4 is 5.32 Å². The highest BCUT2D eigenvalue weighted by Gasteiger charge is 2.24. The standard InChI is InChI=1S/C15H19N3O2S/c1-16-14(19)11-4-6-18(7-5-11)9-12-10-21-15(17-12)13-3-2-8-20-13/h2-3,8,10-11H,4-7,9H2,1H3,(H,16,19). The Morgan fingerprint density at radius 3 is 3.00 bits per heavy atom. The van der Waals surface area contributed by atoms with E-state index in [1.807, 2.05) is 12.1 Å². The van der Waals surface area contributed by atoms with Crippen LogP contribution in [-0.2, 0) is 11.3 Å². The van der Waals surface area contributed by atoms with E-state index >= 15 is 0 Å². The monoisotopic (exact) mass is 305 g/mol. The van der Waals surface area contributed by atoms with Crippen LogP contribution in [0.2, 0.25) is 0 Å². The zero-order chi connectivity index (χ0) is 14.7. The number of aromatic nitrogens is 1. The van der Waals surface area contributed by atoms with Gasteiger partial charge in [0.1, 0.15) is 0 Å². The van der Waals surface area contributed by atoms with Crippen molar-refractivity contribution in [3.05, 3.63) is 29.5 Å². The minimum atomic E-state index is 0.167. The summed E-state index contributed by atoms with van der Waals surface area (Å²) in [6.45, 7) is 2.75. The predicted octanol–water partition coefficient (Wildman–Crippen LogP) is 2.36. The van der Waals surface area contributed by atoms with Crippen LogP contribution in [0.25, 0.3) is 10.8 Å². The van der Waals surface area contributed by atoms with Gasteiger partial charge in [0.15, 0.2) is 10.8 Å². The summed E-state index contributed by atoms with van der Waals surface area (Å²) in [6.07, 6.45) is 3.52. The van der Waals surface area contributed by atoms with Crippen molar-refractivity contribution in [2.75, 3.05) is 20.1 Å². The van der Waals surface area contributed by atoms with Gasteiger partial charge in [-0.3, -0.25) is 9.69 Å². The fourth-order valence-corrected chi connectivity index (χ4v) is 3.46. The molecule has 0 aliphatic carbocycles. The number of hydrogen-bond acceptors (Lipinski definition) is 5. The summed E-state index contributed by atoms with van der Waals surface area (Å²) in [5.74, 6) is 1.16. The zero-order valence-corrected chi connectivity index (χ0v) is 12.9. The number of amides is 1. The molecule has 0 saturated carbocycles. The molecule has 0 spiro atoms. The number of piperidine rings is 1. The molecule has 0 aromatic carbocycles. The van der Waals surface area contributed by atoms with Crippen molar-refractivity contribution in [1.82, 2.24) is 15.2 Å².